The molecule has 3 N–H and O–H groups in total. The molecule has 0 aromatic heterocycles. The van der Waals surface area contributed by atoms with Crippen molar-refractivity contribution in [1.29, 1.82) is 0 Å². The lowest BCUT2D eigenvalue weighted by Gasteiger charge is -2.12. The first-order valence-corrected chi connectivity index (χ1v) is 6.64. The summed E-state index contributed by atoms with van der Waals surface area (Å²) < 4.78 is 5.53. The minimum absolute atomic E-state index is 0.0488. The Kier molecular flexibility index (Phi) is 5.18. The quantitative estimate of drug-likeness (QED) is 0.717. The van der Waals surface area contributed by atoms with Gasteiger partial charge in [0.15, 0.2) is 0 Å². The van der Waals surface area contributed by atoms with E-state index in [1.807, 2.05) is 12.1 Å². The Morgan fingerprint density at radius 3 is 2.79 bits per heavy atom. The molecule has 1 aliphatic heterocycles. The Bertz CT molecular complexity index is 400. The standard InChI is InChI=1S/C14H20N2O3/c17-8-7-15-14(18)11-3-5-12(6-4-11)16-10-13-2-1-9-19-13/h3-6,13,16-17H,1-2,7-10H2,(H,15,18). The van der Waals surface area contributed by atoms with Crippen LogP contribution in [0, 0.1) is 0 Å². The van der Waals surface area contributed by atoms with Crippen LogP contribution in [0.5, 0.6) is 0 Å². The van der Waals surface area contributed by atoms with Crippen molar-refractivity contribution in [3.05, 3.63) is 29.8 Å². The van der Waals surface area contributed by atoms with Crippen LogP contribution in [0.15, 0.2) is 24.3 Å². The number of hydrogen-bond acceptors (Lipinski definition) is 4. The zero-order chi connectivity index (χ0) is 13.5. The highest BCUT2D eigenvalue weighted by Gasteiger charge is 2.14. The van der Waals surface area contributed by atoms with Gasteiger partial charge in [0.05, 0.1) is 12.7 Å². The number of aliphatic hydroxyl groups excluding tert-OH is 1. The number of carbonyl (C=O) groups is 1. The Hall–Kier alpha value is -1.59. The second kappa shape index (κ2) is 7.11. The van der Waals surface area contributed by atoms with Crippen molar-refractivity contribution in [3.8, 4) is 0 Å². The summed E-state index contributed by atoms with van der Waals surface area (Å²) in [6, 6.07) is 7.29. The second-order valence-corrected chi connectivity index (χ2v) is 4.57. The van der Waals surface area contributed by atoms with E-state index < -0.39 is 0 Å². The number of amides is 1. The smallest absolute Gasteiger partial charge is 0.251 e. The molecule has 2 rings (SSSR count). The van der Waals surface area contributed by atoms with Gasteiger partial charge in [-0.15, -0.1) is 0 Å². The van der Waals surface area contributed by atoms with Gasteiger partial charge < -0.3 is 20.5 Å². The molecule has 1 amide bonds. The molecule has 0 aliphatic carbocycles. The van der Waals surface area contributed by atoms with Crippen molar-refractivity contribution in [2.24, 2.45) is 0 Å². The van der Waals surface area contributed by atoms with Crippen molar-refractivity contribution < 1.29 is 14.6 Å². The van der Waals surface area contributed by atoms with E-state index in [0.717, 1.165) is 31.7 Å². The molecular weight excluding hydrogens is 244 g/mol. The normalized spacial score (nSPS) is 18.3. The number of carbonyl (C=O) groups excluding carboxylic acids is 1. The summed E-state index contributed by atoms with van der Waals surface area (Å²) in [6.45, 7) is 1.89. The third-order valence-electron chi connectivity index (χ3n) is 3.10. The van der Waals surface area contributed by atoms with Crippen LogP contribution >= 0.6 is 0 Å². The molecule has 5 heteroatoms. The lowest BCUT2D eigenvalue weighted by Crippen LogP contribution is -2.26. The van der Waals surface area contributed by atoms with Crippen molar-refractivity contribution >= 4 is 11.6 Å². The van der Waals surface area contributed by atoms with E-state index in [1.165, 1.54) is 0 Å². The highest BCUT2D eigenvalue weighted by molar-refractivity contribution is 5.94. The number of rotatable bonds is 6. The molecule has 1 aromatic carbocycles. The van der Waals surface area contributed by atoms with Gasteiger partial charge in [-0.1, -0.05) is 0 Å². The van der Waals surface area contributed by atoms with Crippen LogP contribution in [-0.2, 0) is 4.74 Å². The van der Waals surface area contributed by atoms with Gasteiger partial charge in [-0.2, -0.15) is 0 Å². The zero-order valence-corrected chi connectivity index (χ0v) is 10.9. The minimum Gasteiger partial charge on any atom is -0.395 e. The van der Waals surface area contributed by atoms with Crippen molar-refractivity contribution in [2.75, 3.05) is 31.6 Å². The zero-order valence-electron chi connectivity index (χ0n) is 10.9. The van der Waals surface area contributed by atoms with Crippen LogP contribution in [0.1, 0.15) is 23.2 Å². The van der Waals surface area contributed by atoms with Crippen LogP contribution in [-0.4, -0.2) is 43.4 Å². The van der Waals surface area contributed by atoms with Crippen molar-refractivity contribution in [1.82, 2.24) is 5.32 Å². The maximum absolute atomic E-state index is 11.6. The summed E-state index contributed by atoms with van der Waals surface area (Å²) in [7, 11) is 0. The van der Waals surface area contributed by atoms with E-state index in [2.05, 4.69) is 10.6 Å². The van der Waals surface area contributed by atoms with Gasteiger partial charge in [-0.3, -0.25) is 4.79 Å². The molecule has 0 saturated carbocycles. The minimum atomic E-state index is -0.167. The monoisotopic (exact) mass is 264 g/mol. The second-order valence-electron chi connectivity index (χ2n) is 4.57. The molecule has 1 fully saturated rings. The first kappa shape index (κ1) is 13.8. The molecule has 1 atom stereocenters. The van der Waals surface area contributed by atoms with Gasteiger partial charge in [0, 0.05) is 30.9 Å². The van der Waals surface area contributed by atoms with Crippen LogP contribution < -0.4 is 10.6 Å². The SMILES string of the molecule is O=C(NCCO)c1ccc(NCC2CCCO2)cc1. The molecule has 0 radical (unpaired) electrons. The van der Waals surface area contributed by atoms with Gasteiger partial charge in [0.1, 0.15) is 0 Å². The highest BCUT2D eigenvalue weighted by atomic mass is 16.5. The molecule has 0 spiro atoms. The average molecular weight is 264 g/mol. The predicted octanol–water partition coefficient (Wildman–Crippen LogP) is 1.000. The number of ether oxygens (including phenoxy) is 1. The Morgan fingerprint density at radius 1 is 1.37 bits per heavy atom. The summed E-state index contributed by atoms with van der Waals surface area (Å²) in [5.74, 6) is -0.167. The van der Waals surface area contributed by atoms with E-state index in [4.69, 9.17) is 9.84 Å². The lowest BCUT2D eigenvalue weighted by molar-refractivity contribution is 0.0944. The van der Waals surface area contributed by atoms with E-state index in [0.29, 0.717) is 11.7 Å². The summed E-state index contributed by atoms with van der Waals surface area (Å²) in [4.78, 5) is 11.6. The van der Waals surface area contributed by atoms with E-state index >= 15 is 0 Å². The van der Waals surface area contributed by atoms with Crippen LogP contribution in [0.2, 0.25) is 0 Å². The molecule has 1 aromatic rings. The molecule has 1 saturated heterocycles. The molecular formula is C14H20N2O3. The Labute approximate surface area is 113 Å². The van der Waals surface area contributed by atoms with Crippen molar-refractivity contribution in [3.63, 3.8) is 0 Å². The number of anilines is 1. The van der Waals surface area contributed by atoms with E-state index in [9.17, 15) is 4.79 Å². The van der Waals surface area contributed by atoms with Crippen molar-refractivity contribution in [2.45, 2.75) is 18.9 Å². The lowest BCUT2D eigenvalue weighted by atomic mass is 10.2. The molecule has 0 bridgehead atoms. The third-order valence-corrected chi connectivity index (χ3v) is 3.10. The maximum atomic E-state index is 11.6. The molecule has 19 heavy (non-hydrogen) atoms. The fourth-order valence-corrected chi connectivity index (χ4v) is 2.05. The number of benzene rings is 1. The molecule has 1 unspecified atom stereocenters. The van der Waals surface area contributed by atoms with Crippen LogP contribution in [0.3, 0.4) is 0 Å². The molecule has 1 aliphatic rings. The Morgan fingerprint density at radius 2 is 2.16 bits per heavy atom. The third kappa shape index (κ3) is 4.22. The van der Waals surface area contributed by atoms with Gasteiger partial charge in [0.25, 0.3) is 5.91 Å². The van der Waals surface area contributed by atoms with Gasteiger partial charge in [0.2, 0.25) is 0 Å². The molecule has 1 heterocycles. The number of hydrogen-bond donors (Lipinski definition) is 3. The van der Waals surface area contributed by atoms with Gasteiger partial charge in [-0.25, -0.2) is 0 Å². The molecule has 104 valence electrons. The summed E-state index contributed by atoms with van der Waals surface area (Å²) >= 11 is 0. The first-order valence-electron chi connectivity index (χ1n) is 6.64. The fourth-order valence-electron chi connectivity index (χ4n) is 2.05. The van der Waals surface area contributed by atoms with Gasteiger partial charge in [-0.05, 0) is 37.1 Å². The summed E-state index contributed by atoms with van der Waals surface area (Å²) in [6.07, 6.45) is 2.54. The topological polar surface area (TPSA) is 70.6 Å². The van der Waals surface area contributed by atoms with Gasteiger partial charge >= 0.3 is 0 Å². The average Bonchev–Trinajstić information content (AvgIpc) is 2.96. The van der Waals surface area contributed by atoms with Crippen LogP contribution in [0.25, 0.3) is 0 Å². The van der Waals surface area contributed by atoms with E-state index in [1.54, 1.807) is 12.1 Å². The fraction of sp³-hybridized carbons (Fsp3) is 0.500. The number of nitrogens with one attached hydrogen (secondary N) is 2. The highest BCUT2D eigenvalue weighted by Crippen LogP contribution is 2.14. The van der Waals surface area contributed by atoms with Crippen LogP contribution in [0.4, 0.5) is 5.69 Å². The predicted molar refractivity (Wildman–Crippen MR) is 73.3 cm³/mol. The summed E-state index contributed by atoms with van der Waals surface area (Å²) in [5.41, 5.74) is 1.57. The first-order chi connectivity index (χ1) is 9.29. The number of aliphatic hydroxyl groups is 1. The maximum Gasteiger partial charge on any atom is 0.251 e. The summed E-state index contributed by atoms with van der Waals surface area (Å²) in [5, 5.41) is 14.6. The Balaban J connectivity index is 1.81. The largest absolute Gasteiger partial charge is 0.395 e. The van der Waals surface area contributed by atoms with E-state index in [-0.39, 0.29) is 19.1 Å². The molecule has 5 nitrogen and oxygen atoms in total.